The molecule has 0 aromatic heterocycles. The van der Waals surface area contributed by atoms with Crippen molar-refractivity contribution in [2.75, 3.05) is 6.54 Å². The maximum absolute atomic E-state index is 11.6. The van der Waals surface area contributed by atoms with E-state index >= 15 is 0 Å². The lowest BCUT2D eigenvalue weighted by atomic mass is 9.62. The van der Waals surface area contributed by atoms with Gasteiger partial charge in [-0.05, 0) is 93.3 Å². The largest absolute Gasteiger partial charge is 0.481 e. The quantitative estimate of drug-likeness (QED) is 0.343. The molecule has 200 valence electrons. The molecule has 5 nitrogen and oxygen atoms in total. The summed E-state index contributed by atoms with van der Waals surface area (Å²) in [5.74, 6) is 1.24. The predicted octanol–water partition coefficient (Wildman–Crippen LogP) is 6.68. The van der Waals surface area contributed by atoms with E-state index in [0.717, 1.165) is 38.1 Å². The zero-order valence-electron chi connectivity index (χ0n) is 23.5. The summed E-state index contributed by atoms with van der Waals surface area (Å²) in [5.41, 5.74) is 0.713. The van der Waals surface area contributed by atoms with Gasteiger partial charge in [-0.1, -0.05) is 54.4 Å². The lowest BCUT2D eigenvalue weighted by molar-refractivity contribution is -0.146. The van der Waals surface area contributed by atoms with Crippen LogP contribution >= 0.6 is 0 Å². The van der Waals surface area contributed by atoms with Crippen LogP contribution in [0.25, 0.3) is 0 Å². The van der Waals surface area contributed by atoms with Crippen LogP contribution in [0.4, 0.5) is 0 Å². The van der Waals surface area contributed by atoms with Gasteiger partial charge in [0.1, 0.15) is 0 Å². The fraction of sp³-hybridized carbons (Fsp3) is 0.931. The molecule has 0 saturated heterocycles. The van der Waals surface area contributed by atoms with Crippen molar-refractivity contribution in [3.8, 4) is 0 Å². The zero-order valence-corrected chi connectivity index (χ0v) is 23.5. The SMILES string of the molecule is CC(O)CC(C(=O)O)C1CCCC(C)(C(C)C)C1.CCNC(=O)CC1CCCC(C)(C(C)C)C1. The van der Waals surface area contributed by atoms with E-state index in [1.165, 1.54) is 32.1 Å². The average Bonchev–Trinajstić information content (AvgIpc) is 2.72. The van der Waals surface area contributed by atoms with Crippen molar-refractivity contribution in [2.45, 2.75) is 126 Å². The number of carboxylic acids is 1. The highest BCUT2D eigenvalue weighted by Gasteiger charge is 2.40. The summed E-state index contributed by atoms with van der Waals surface area (Å²) < 4.78 is 0. The number of carboxylic acid groups (broad SMARTS) is 1. The summed E-state index contributed by atoms with van der Waals surface area (Å²) >= 11 is 0. The standard InChI is InChI=1S/C15H28O3.C14H27NO/c1-10(2)15(4)7-5-6-12(9-15)13(14(17)18)8-11(3)16;1-5-15-13(16)9-12-7-6-8-14(4,10-12)11(2)3/h10-13,16H,5-9H2,1-4H3,(H,17,18);11-12H,5-10H2,1-4H3,(H,15,16). The van der Waals surface area contributed by atoms with Crippen molar-refractivity contribution in [1.29, 1.82) is 0 Å². The van der Waals surface area contributed by atoms with Gasteiger partial charge in [-0.15, -0.1) is 0 Å². The van der Waals surface area contributed by atoms with Gasteiger partial charge in [0.25, 0.3) is 0 Å². The molecule has 0 radical (unpaired) electrons. The van der Waals surface area contributed by atoms with Crippen LogP contribution in [0, 0.1) is 40.4 Å². The van der Waals surface area contributed by atoms with E-state index in [1.807, 2.05) is 6.92 Å². The van der Waals surface area contributed by atoms with Gasteiger partial charge in [0, 0.05) is 13.0 Å². The second-order valence-corrected chi connectivity index (χ2v) is 12.6. The fourth-order valence-electron chi connectivity index (χ4n) is 6.19. The number of rotatable bonds is 9. The Hall–Kier alpha value is -1.10. The Bertz CT molecular complexity index is 632. The molecule has 2 aliphatic carbocycles. The number of aliphatic carboxylic acids is 1. The summed E-state index contributed by atoms with van der Waals surface area (Å²) in [6.45, 7) is 18.2. The van der Waals surface area contributed by atoms with Gasteiger partial charge in [-0.2, -0.15) is 0 Å². The summed E-state index contributed by atoms with van der Waals surface area (Å²) in [5, 5.41) is 21.8. The van der Waals surface area contributed by atoms with Gasteiger partial charge in [0.2, 0.25) is 5.91 Å². The molecule has 6 atom stereocenters. The third-order valence-corrected chi connectivity index (χ3v) is 9.28. The van der Waals surface area contributed by atoms with Gasteiger partial charge in [-0.3, -0.25) is 9.59 Å². The van der Waals surface area contributed by atoms with Crippen molar-refractivity contribution in [2.24, 2.45) is 40.4 Å². The third-order valence-electron chi connectivity index (χ3n) is 9.28. The topological polar surface area (TPSA) is 86.6 Å². The molecular weight excluding hydrogens is 426 g/mol. The number of aliphatic hydroxyl groups excluding tert-OH is 1. The Kier molecular flexibility index (Phi) is 12.6. The minimum Gasteiger partial charge on any atom is -0.481 e. The number of nitrogens with one attached hydrogen (secondary N) is 1. The van der Waals surface area contributed by atoms with E-state index in [2.05, 4.69) is 46.9 Å². The van der Waals surface area contributed by atoms with Gasteiger partial charge in [-0.25, -0.2) is 0 Å². The van der Waals surface area contributed by atoms with E-state index in [0.29, 0.717) is 23.7 Å². The average molecular weight is 482 g/mol. The lowest BCUT2D eigenvalue weighted by Crippen LogP contribution is -2.37. The number of carbonyl (C=O) groups excluding carboxylic acids is 1. The van der Waals surface area contributed by atoms with Crippen LogP contribution in [-0.4, -0.2) is 34.7 Å². The second kappa shape index (κ2) is 13.8. The molecule has 5 heteroatoms. The molecule has 3 N–H and O–H groups in total. The van der Waals surface area contributed by atoms with Gasteiger partial charge in [0.15, 0.2) is 0 Å². The van der Waals surface area contributed by atoms with E-state index in [9.17, 15) is 19.8 Å². The molecule has 2 rings (SSSR count). The number of hydrogen-bond acceptors (Lipinski definition) is 3. The number of amides is 1. The van der Waals surface area contributed by atoms with Crippen LogP contribution in [0.2, 0.25) is 0 Å². The normalized spacial score (nSPS) is 31.4. The summed E-state index contributed by atoms with van der Waals surface area (Å²) in [6, 6.07) is 0. The highest BCUT2D eigenvalue weighted by atomic mass is 16.4. The molecule has 6 unspecified atom stereocenters. The maximum Gasteiger partial charge on any atom is 0.306 e. The van der Waals surface area contributed by atoms with E-state index in [-0.39, 0.29) is 23.2 Å². The molecule has 2 saturated carbocycles. The molecule has 2 aliphatic rings. The van der Waals surface area contributed by atoms with E-state index < -0.39 is 12.1 Å². The third kappa shape index (κ3) is 9.51. The molecule has 0 spiro atoms. The number of aliphatic hydroxyl groups is 1. The Morgan fingerprint density at radius 1 is 0.941 bits per heavy atom. The summed E-state index contributed by atoms with van der Waals surface area (Å²) in [4.78, 5) is 23.0. The molecule has 0 aromatic carbocycles. The first-order valence-corrected chi connectivity index (χ1v) is 13.9. The van der Waals surface area contributed by atoms with Crippen molar-refractivity contribution < 1.29 is 19.8 Å². The van der Waals surface area contributed by atoms with Crippen molar-refractivity contribution in [1.82, 2.24) is 5.32 Å². The zero-order chi connectivity index (χ0) is 26.1. The highest BCUT2D eigenvalue weighted by Crippen LogP contribution is 2.47. The Morgan fingerprint density at radius 2 is 1.47 bits per heavy atom. The minimum absolute atomic E-state index is 0.221. The van der Waals surface area contributed by atoms with E-state index in [1.54, 1.807) is 6.92 Å². The molecule has 0 bridgehead atoms. The van der Waals surface area contributed by atoms with Crippen LogP contribution < -0.4 is 5.32 Å². The van der Waals surface area contributed by atoms with Crippen LogP contribution in [0.1, 0.15) is 120 Å². The van der Waals surface area contributed by atoms with Gasteiger partial charge < -0.3 is 15.5 Å². The molecule has 0 heterocycles. The Labute approximate surface area is 209 Å². The maximum atomic E-state index is 11.6. The first-order valence-electron chi connectivity index (χ1n) is 13.9. The molecular formula is C29H55NO4. The number of carbonyl (C=O) groups is 2. The predicted molar refractivity (Wildman–Crippen MR) is 141 cm³/mol. The molecule has 0 aromatic rings. The first-order chi connectivity index (χ1) is 15.7. The summed E-state index contributed by atoms with van der Waals surface area (Å²) in [7, 11) is 0. The van der Waals surface area contributed by atoms with E-state index in [4.69, 9.17) is 0 Å². The van der Waals surface area contributed by atoms with Gasteiger partial charge in [0.05, 0.1) is 12.0 Å². The van der Waals surface area contributed by atoms with Crippen molar-refractivity contribution >= 4 is 11.9 Å². The number of hydrogen-bond donors (Lipinski definition) is 3. The minimum atomic E-state index is -0.742. The van der Waals surface area contributed by atoms with Crippen molar-refractivity contribution in [3.05, 3.63) is 0 Å². The monoisotopic (exact) mass is 481 g/mol. The molecule has 1 amide bonds. The second-order valence-electron chi connectivity index (χ2n) is 12.6. The summed E-state index contributed by atoms with van der Waals surface area (Å²) in [6.07, 6.45) is 9.95. The van der Waals surface area contributed by atoms with Crippen LogP contribution in [-0.2, 0) is 9.59 Å². The molecule has 34 heavy (non-hydrogen) atoms. The first kappa shape index (κ1) is 30.9. The highest BCUT2D eigenvalue weighted by molar-refractivity contribution is 5.76. The Morgan fingerprint density at radius 3 is 1.94 bits per heavy atom. The van der Waals surface area contributed by atoms with Crippen molar-refractivity contribution in [3.63, 3.8) is 0 Å². The van der Waals surface area contributed by atoms with Crippen LogP contribution in [0.3, 0.4) is 0 Å². The van der Waals surface area contributed by atoms with Gasteiger partial charge >= 0.3 is 5.97 Å². The fourth-order valence-corrected chi connectivity index (χ4v) is 6.19. The smallest absolute Gasteiger partial charge is 0.306 e. The molecule has 2 fully saturated rings. The Balaban J connectivity index is 0.000000342. The van der Waals surface area contributed by atoms with Crippen LogP contribution in [0.15, 0.2) is 0 Å². The lowest BCUT2D eigenvalue weighted by Gasteiger charge is -2.43. The molecule has 0 aliphatic heterocycles. The van der Waals surface area contributed by atoms with Crippen LogP contribution in [0.5, 0.6) is 0 Å².